The third kappa shape index (κ3) is 8.90. The van der Waals surface area contributed by atoms with Gasteiger partial charge in [0.05, 0.1) is 7.11 Å². The Kier molecular flexibility index (Phi) is 10.2. The van der Waals surface area contributed by atoms with E-state index in [1.807, 2.05) is 12.5 Å². The molecule has 0 N–H and O–H groups in total. The molecule has 0 aliphatic heterocycles. The molecule has 0 aliphatic carbocycles. The zero-order chi connectivity index (χ0) is 4.28. The lowest BCUT2D eigenvalue weighted by Crippen LogP contribution is -3.00. The van der Waals surface area contributed by atoms with Crippen molar-refractivity contribution in [2.75, 3.05) is 19.6 Å². The average molecular weight is 220 g/mol. The fraction of sp³-hybridized carbons (Fsp3) is 1.00. The highest BCUT2D eigenvalue weighted by molar-refractivity contribution is 7.90. The molecule has 0 heterocycles. The van der Waals surface area contributed by atoms with E-state index in [1.165, 1.54) is 0 Å². The molecule has 6 heavy (non-hydrogen) atoms. The SMILES string of the molecule is CO[S+](C)C.[I-]. The number of hydrogen-bond donors (Lipinski definition) is 0. The summed E-state index contributed by atoms with van der Waals surface area (Å²) in [5.41, 5.74) is 0. The fourth-order valence-electron chi connectivity index (χ4n) is 0. The molecule has 0 fully saturated rings. The molecule has 0 bridgehead atoms. The van der Waals surface area contributed by atoms with E-state index in [-0.39, 0.29) is 35.2 Å². The molecule has 0 radical (unpaired) electrons. The summed E-state index contributed by atoms with van der Waals surface area (Å²) in [6, 6.07) is 0. The molecule has 0 saturated carbocycles. The van der Waals surface area contributed by atoms with Crippen LogP contribution in [0.3, 0.4) is 0 Å². The van der Waals surface area contributed by atoms with Crippen molar-refractivity contribution in [2.24, 2.45) is 0 Å². The first-order valence-corrected chi connectivity index (χ1v) is 3.36. The zero-order valence-electron chi connectivity index (χ0n) is 4.19. The van der Waals surface area contributed by atoms with Gasteiger partial charge in [-0.1, -0.05) is 0 Å². The fourth-order valence-corrected chi connectivity index (χ4v) is 0. The topological polar surface area (TPSA) is 9.23 Å². The first-order valence-electron chi connectivity index (χ1n) is 1.39. The van der Waals surface area contributed by atoms with Gasteiger partial charge in [-0.3, -0.25) is 0 Å². The maximum Gasteiger partial charge on any atom is 0.140 e. The minimum atomic E-state index is 0. The highest BCUT2D eigenvalue weighted by Crippen LogP contribution is 1.77. The number of halogens is 1. The molecular formula is C3H9IOS. The molecule has 0 aliphatic rings. The van der Waals surface area contributed by atoms with Crippen LogP contribution in [0, 0.1) is 0 Å². The van der Waals surface area contributed by atoms with Crippen LogP contribution in [-0.2, 0) is 15.4 Å². The van der Waals surface area contributed by atoms with E-state index in [1.54, 1.807) is 7.11 Å². The Balaban J connectivity index is 0. The van der Waals surface area contributed by atoms with Crippen LogP contribution >= 0.6 is 0 Å². The Morgan fingerprint density at radius 2 is 1.50 bits per heavy atom. The van der Waals surface area contributed by atoms with Gasteiger partial charge >= 0.3 is 0 Å². The van der Waals surface area contributed by atoms with Crippen LogP contribution in [0.25, 0.3) is 0 Å². The smallest absolute Gasteiger partial charge is 0.140 e. The van der Waals surface area contributed by atoms with Crippen LogP contribution in [0.15, 0.2) is 0 Å². The average Bonchev–Trinajstić information content (AvgIpc) is 1.38. The van der Waals surface area contributed by atoms with E-state index < -0.39 is 0 Å². The van der Waals surface area contributed by atoms with Crippen LogP contribution in [0.5, 0.6) is 0 Å². The molecule has 0 atom stereocenters. The second-order valence-electron chi connectivity index (χ2n) is 0.908. The Morgan fingerprint density at radius 1 is 1.33 bits per heavy atom. The second kappa shape index (κ2) is 6.04. The standard InChI is InChI=1S/C3H9OS.HI/c1-4-5(2)3;/h1-3H3;1H/q+1;/p-1. The molecule has 0 aromatic heterocycles. The minimum Gasteiger partial charge on any atom is -1.00 e. The molecule has 3 heteroatoms. The van der Waals surface area contributed by atoms with E-state index >= 15 is 0 Å². The van der Waals surface area contributed by atoms with E-state index in [9.17, 15) is 0 Å². The second-order valence-corrected chi connectivity index (χ2v) is 2.72. The van der Waals surface area contributed by atoms with Crippen molar-refractivity contribution in [3.05, 3.63) is 0 Å². The molecular weight excluding hydrogens is 211 g/mol. The van der Waals surface area contributed by atoms with Gasteiger partial charge < -0.3 is 24.0 Å². The Hall–Kier alpha value is 1.04. The van der Waals surface area contributed by atoms with E-state index in [4.69, 9.17) is 4.18 Å². The molecule has 0 saturated heterocycles. The van der Waals surface area contributed by atoms with Crippen molar-refractivity contribution < 1.29 is 28.2 Å². The highest BCUT2D eigenvalue weighted by Gasteiger charge is 1.91. The van der Waals surface area contributed by atoms with Crippen molar-refractivity contribution in [3.63, 3.8) is 0 Å². The van der Waals surface area contributed by atoms with Crippen LogP contribution < -0.4 is 24.0 Å². The van der Waals surface area contributed by atoms with Gasteiger partial charge in [0.1, 0.15) is 23.7 Å². The Morgan fingerprint density at radius 3 is 1.50 bits per heavy atom. The van der Waals surface area contributed by atoms with Crippen molar-refractivity contribution in [1.82, 2.24) is 0 Å². The first-order chi connectivity index (χ1) is 2.27. The predicted octanol–water partition coefficient (Wildman–Crippen LogP) is -2.57. The van der Waals surface area contributed by atoms with Gasteiger partial charge in [0, 0.05) is 0 Å². The summed E-state index contributed by atoms with van der Waals surface area (Å²) in [6.07, 6.45) is 4.06. The summed E-state index contributed by atoms with van der Waals surface area (Å²) >= 11 is 0.177. The summed E-state index contributed by atoms with van der Waals surface area (Å²) in [5, 5.41) is 0. The normalized spacial score (nSPS) is 8.00. The van der Waals surface area contributed by atoms with Gasteiger partial charge in [-0.05, 0) is 0 Å². The van der Waals surface area contributed by atoms with Crippen molar-refractivity contribution in [2.45, 2.75) is 0 Å². The van der Waals surface area contributed by atoms with Crippen LogP contribution in [-0.4, -0.2) is 19.6 Å². The number of hydrogen-bond acceptors (Lipinski definition) is 1. The molecule has 40 valence electrons. The van der Waals surface area contributed by atoms with E-state index in [0.717, 1.165) is 0 Å². The van der Waals surface area contributed by atoms with Gasteiger partial charge in [-0.25, -0.2) is 0 Å². The van der Waals surface area contributed by atoms with Crippen LogP contribution in [0.1, 0.15) is 0 Å². The Bertz CT molecular complexity index is 24.8. The summed E-state index contributed by atoms with van der Waals surface area (Å²) in [4.78, 5) is 0. The van der Waals surface area contributed by atoms with Gasteiger partial charge in [-0.2, -0.15) is 4.18 Å². The van der Waals surface area contributed by atoms with Crippen molar-refractivity contribution >= 4 is 11.2 Å². The van der Waals surface area contributed by atoms with Gasteiger partial charge in [0.2, 0.25) is 0 Å². The summed E-state index contributed by atoms with van der Waals surface area (Å²) < 4.78 is 4.78. The maximum atomic E-state index is 4.78. The van der Waals surface area contributed by atoms with Gasteiger partial charge in [0.15, 0.2) is 0 Å². The lowest BCUT2D eigenvalue weighted by atomic mass is 11.8. The quantitative estimate of drug-likeness (QED) is 0.348. The third-order valence-electron chi connectivity index (χ3n) is 0.333. The highest BCUT2D eigenvalue weighted by atomic mass is 127. The first kappa shape index (κ1) is 10.1. The maximum absolute atomic E-state index is 4.78. The lowest BCUT2D eigenvalue weighted by Gasteiger charge is -1.80. The third-order valence-corrected chi connectivity index (χ3v) is 1.00. The molecule has 1 nitrogen and oxygen atoms in total. The van der Waals surface area contributed by atoms with Crippen LogP contribution in [0.2, 0.25) is 0 Å². The van der Waals surface area contributed by atoms with Crippen molar-refractivity contribution in [1.29, 1.82) is 0 Å². The predicted molar refractivity (Wildman–Crippen MR) is 26.2 cm³/mol. The molecule has 0 spiro atoms. The summed E-state index contributed by atoms with van der Waals surface area (Å²) in [6.45, 7) is 0. The summed E-state index contributed by atoms with van der Waals surface area (Å²) in [5.74, 6) is 0. The van der Waals surface area contributed by atoms with Gasteiger partial charge in [-0.15, -0.1) is 0 Å². The summed E-state index contributed by atoms with van der Waals surface area (Å²) in [7, 11) is 1.71. The molecule has 0 aromatic carbocycles. The molecule has 0 aromatic rings. The largest absolute Gasteiger partial charge is 1.00 e. The Labute approximate surface area is 59.0 Å². The van der Waals surface area contributed by atoms with E-state index in [2.05, 4.69) is 0 Å². The number of rotatable bonds is 1. The molecule has 0 unspecified atom stereocenters. The molecule has 0 amide bonds. The van der Waals surface area contributed by atoms with Crippen LogP contribution in [0.4, 0.5) is 0 Å². The lowest BCUT2D eigenvalue weighted by molar-refractivity contribution is -0.00000172. The van der Waals surface area contributed by atoms with Crippen molar-refractivity contribution in [3.8, 4) is 0 Å². The van der Waals surface area contributed by atoms with E-state index in [0.29, 0.717) is 0 Å². The minimum absolute atomic E-state index is 0. The van der Waals surface area contributed by atoms with Gasteiger partial charge in [0.25, 0.3) is 0 Å². The monoisotopic (exact) mass is 220 g/mol. The molecule has 0 rings (SSSR count). The zero-order valence-corrected chi connectivity index (χ0v) is 7.17.